The monoisotopic (exact) mass is 407 g/mol. The molecule has 1 aromatic heterocycles. The molecule has 2 aromatic rings. The van der Waals surface area contributed by atoms with Gasteiger partial charge >= 0.3 is 5.97 Å². The largest absolute Gasteiger partial charge is 0.466 e. The van der Waals surface area contributed by atoms with Crippen LogP contribution in [0.1, 0.15) is 72.9 Å². The predicted molar refractivity (Wildman–Crippen MR) is 114 cm³/mol. The minimum atomic E-state index is -0.564. The molecule has 0 aliphatic heterocycles. The van der Waals surface area contributed by atoms with Gasteiger partial charge in [-0.25, -0.2) is 4.98 Å². The second-order valence-electron chi connectivity index (χ2n) is 8.81. The van der Waals surface area contributed by atoms with Gasteiger partial charge in [0.25, 0.3) is 5.91 Å². The van der Waals surface area contributed by atoms with Crippen molar-refractivity contribution in [3.63, 3.8) is 0 Å². The lowest BCUT2D eigenvalue weighted by molar-refractivity contribution is -0.162. The second kappa shape index (κ2) is 7.49. The van der Waals surface area contributed by atoms with E-state index in [1.807, 2.05) is 13.8 Å². The number of fused-ring (bicyclic) bond motifs is 3. The number of nitrogens with zero attached hydrogens (tertiary/aromatic N) is 2. The molecular formula is C24H29N3O3. The number of aryl methyl sites for hydroxylation is 2. The van der Waals surface area contributed by atoms with Crippen LogP contribution in [0.2, 0.25) is 0 Å². The Balaban J connectivity index is 1.58. The van der Waals surface area contributed by atoms with E-state index < -0.39 is 5.91 Å². The molecule has 1 heterocycles. The number of hydrogen-bond donors (Lipinski definition) is 1. The highest BCUT2D eigenvalue weighted by Gasteiger charge is 2.53. The van der Waals surface area contributed by atoms with Gasteiger partial charge in [-0.3, -0.25) is 14.6 Å². The van der Waals surface area contributed by atoms with Crippen LogP contribution < -0.4 is 5.73 Å². The minimum absolute atomic E-state index is 0.00711. The number of primary amides is 1. The Kier molecular flexibility index (Phi) is 5.12. The van der Waals surface area contributed by atoms with Crippen molar-refractivity contribution in [3.05, 3.63) is 46.9 Å². The minimum Gasteiger partial charge on any atom is -0.466 e. The van der Waals surface area contributed by atoms with Gasteiger partial charge in [0, 0.05) is 5.56 Å². The Hall–Kier alpha value is -2.76. The molecule has 2 bridgehead atoms. The number of carbonyl (C=O) groups is 2. The van der Waals surface area contributed by atoms with Crippen LogP contribution in [0.15, 0.2) is 24.3 Å². The maximum atomic E-state index is 12.5. The van der Waals surface area contributed by atoms with Crippen LogP contribution in [-0.2, 0) is 14.9 Å². The van der Waals surface area contributed by atoms with Gasteiger partial charge in [0.15, 0.2) is 0 Å². The van der Waals surface area contributed by atoms with Crippen molar-refractivity contribution in [2.24, 2.45) is 11.1 Å². The second-order valence-corrected chi connectivity index (χ2v) is 8.81. The first-order valence-electron chi connectivity index (χ1n) is 10.7. The van der Waals surface area contributed by atoms with Crippen LogP contribution >= 0.6 is 0 Å². The molecule has 0 atom stereocenters. The normalized spacial score (nSPS) is 25.2. The quantitative estimate of drug-likeness (QED) is 0.756. The average molecular weight is 408 g/mol. The van der Waals surface area contributed by atoms with Crippen LogP contribution in [0.4, 0.5) is 0 Å². The molecule has 2 N–H and O–H groups in total. The Morgan fingerprint density at radius 2 is 1.57 bits per heavy atom. The lowest BCUT2D eigenvalue weighted by Crippen LogP contribution is -2.48. The maximum Gasteiger partial charge on any atom is 0.312 e. The van der Waals surface area contributed by atoms with Crippen LogP contribution in [0, 0.1) is 19.3 Å². The summed E-state index contributed by atoms with van der Waals surface area (Å²) in [5.74, 6) is -0.571. The number of ether oxygens (including phenoxy) is 1. The summed E-state index contributed by atoms with van der Waals surface area (Å²) in [4.78, 5) is 33.1. The van der Waals surface area contributed by atoms with E-state index in [9.17, 15) is 9.59 Å². The molecule has 5 rings (SSSR count). The summed E-state index contributed by atoms with van der Waals surface area (Å²) in [6.07, 6.45) is 5.75. The third kappa shape index (κ3) is 3.28. The first-order valence-corrected chi connectivity index (χ1v) is 10.7. The predicted octanol–water partition coefficient (Wildman–Crippen LogP) is 4.01. The highest BCUT2D eigenvalue weighted by Crippen LogP contribution is 2.58. The van der Waals surface area contributed by atoms with Crippen LogP contribution in [-0.4, -0.2) is 28.5 Å². The van der Waals surface area contributed by atoms with E-state index in [0.29, 0.717) is 18.0 Å². The van der Waals surface area contributed by atoms with Crippen LogP contribution in [0.25, 0.3) is 11.3 Å². The summed E-state index contributed by atoms with van der Waals surface area (Å²) in [5.41, 5.74) is 9.79. The van der Waals surface area contributed by atoms with E-state index in [1.165, 1.54) is 5.56 Å². The first-order chi connectivity index (χ1) is 14.3. The molecule has 158 valence electrons. The third-order valence-electron chi connectivity index (χ3n) is 7.20. The van der Waals surface area contributed by atoms with Crippen molar-refractivity contribution >= 4 is 11.9 Å². The molecule has 0 radical (unpaired) electrons. The zero-order valence-electron chi connectivity index (χ0n) is 18.0. The van der Waals surface area contributed by atoms with Gasteiger partial charge in [0.05, 0.1) is 29.1 Å². The highest BCUT2D eigenvalue weighted by molar-refractivity contribution is 5.92. The molecule has 0 saturated heterocycles. The number of esters is 1. The molecular weight excluding hydrogens is 378 g/mol. The molecule has 6 heteroatoms. The number of nitrogens with two attached hydrogens (primary N) is 1. The standard InChI is InChI=1S/C24H29N3O3/c1-4-30-22(29)24-12-9-23(10-13-24,11-14-24)18-7-5-17(6-8-18)19-15(2)26-16(3)20(27-19)21(25)28/h5-8H,4,9-14H2,1-3H3,(H2,25,28). The zero-order chi connectivity index (χ0) is 21.5. The number of benzene rings is 1. The van der Waals surface area contributed by atoms with Crippen molar-refractivity contribution in [2.45, 2.75) is 64.7 Å². The van der Waals surface area contributed by atoms with E-state index >= 15 is 0 Å². The Labute approximate surface area is 177 Å². The van der Waals surface area contributed by atoms with Crippen molar-refractivity contribution in [1.82, 2.24) is 9.97 Å². The lowest BCUT2D eigenvalue weighted by atomic mass is 9.52. The average Bonchev–Trinajstić information content (AvgIpc) is 2.75. The lowest BCUT2D eigenvalue weighted by Gasteiger charge is -2.52. The van der Waals surface area contributed by atoms with Gasteiger partial charge in [-0.2, -0.15) is 0 Å². The summed E-state index contributed by atoms with van der Waals surface area (Å²) < 4.78 is 5.36. The molecule has 30 heavy (non-hydrogen) atoms. The molecule has 0 spiro atoms. The van der Waals surface area contributed by atoms with E-state index in [4.69, 9.17) is 10.5 Å². The van der Waals surface area contributed by atoms with Gasteiger partial charge in [0.1, 0.15) is 5.69 Å². The summed E-state index contributed by atoms with van der Waals surface area (Å²) in [6.45, 7) is 5.96. The first kappa shape index (κ1) is 20.5. The van der Waals surface area contributed by atoms with E-state index in [2.05, 4.69) is 34.2 Å². The molecule has 3 fully saturated rings. The molecule has 1 aromatic carbocycles. The van der Waals surface area contributed by atoms with Crippen molar-refractivity contribution in [1.29, 1.82) is 0 Å². The Morgan fingerprint density at radius 1 is 0.967 bits per heavy atom. The third-order valence-corrected chi connectivity index (χ3v) is 7.20. The van der Waals surface area contributed by atoms with Crippen molar-refractivity contribution in [2.75, 3.05) is 6.61 Å². The van der Waals surface area contributed by atoms with Gasteiger partial charge in [-0.15, -0.1) is 0 Å². The number of hydrogen-bond acceptors (Lipinski definition) is 5. The molecule has 3 saturated carbocycles. The zero-order valence-corrected chi connectivity index (χ0v) is 18.0. The highest BCUT2D eigenvalue weighted by atomic mass is 16.5. The fraction of sp³-hybridized carbons (Fsp3) is 0.500. The van der Waals surface area contributed by atoms with Gasteiger partial charge in [-0.05, 0) is 70.3 Å². The summed E-state index contributed by atoms with van der Waals surface area (Å²) in [6, 6.07) is 8.46. The molecule has 3 aliphatic carbocycles. The van der Waals surface area contributed by atoms with E-state index in [-0.39, 0.29) is 22.5 Å². The summed E-state index contributed by atoms with van der Waals surface area (Å²) in [7, 11) is 0. The Morgan fingerprint density at radius 3 is 2.10 bits per heavy atom. The SMILES string of the molecule is CCOC(=O)C12CCC(c3ccc(-c4nc(C(N)=O)c(C)nc4C)cc3)(CC1)CC2. The molecule has 1 amide bonds. The van der Waals surface area contributed by atoms with Gasteiger partial charge in [-0.1, -0.05) is 24.3 Å². The van der Waals surface area contributed by atoms with E-state index in [0.717, 1.165) is 49.8 Å². The van der Waals surface area contributed by atoms with Crippen molar-refractivity contribution < 1.29 is 14.3 Å². The molecule has 3 aliphatic rings. The summed E-state index contributed by atoms with van der Waals surface area (Å²) in [5, 5.41) is 0. The number of rotatable bonds is 5. The number of carbonyl (C=O) groups excluding carboxylic acids is 2. The number of aromatic nitrogens is 2. The smallest absolute Gasteiger partial charge is 0.312 e. The number of amides is 1. The maximum absolute atomic E-state index is 12.5. The van der Waals surface area contributed by atoms with Crippen LogP contribution in [0.5, 0.6) is 0 Å². The topological polar surface area (TPSA) is 95.2 Å². The fourth-order valence-corrected chi connectivity index (χ4v) is 5.33. The van der Waals surface area contributed by atoms with Crippen LogP contribution in [0.3, 0.4) is 0 Å². The van der Waals surface area contributed by atoms with Crippen molar-refractivity contribution in [3.8, 4) is 11.3 Å². The molecule has 6 nitrogen and oxygen atoms in total. The summed E-state index contributed by atoms with van der Waals surface area (Å²) >= 11 is 0. The van der Waals surface area contributed by atoms with Gasteiger partial charge in [0.2, 0.25) is 0 Å². The fourth-order valence-electron chi connectivity index (χ4n) is 5.33. The van der Waals surface area contributed by atoms with Gasteiger partial charge < -0.3 is 10.5 Å². The Bertz CT molecular complexity index is 973. The molecule has 0 unspecified atom stereocenters. The van der Waals surface area contributed by atoms with E-state index in [1.54, 1.807) is 6.92 Å².